The molecule has 0 saturated carbocycles. The number of aromatic nitrogens is 4. The van der Waals surface area contributed by atoms with Crippen molar-refractivity contribution in [3.63, 3.8) is 0 Å². The fourth-order valence-electron chi connectivity index (χ4n) is 4.14. The molecule has 3 rings (SSSR count). The molecular formula is C24H33N7O5S. The van der Waals surface area contributed by atoms with E-state index in [1.54, 1.807) is 52.0 Å². The van der Waals surface area contributed by atoms with Crippen molar-refractivity contribution in [2.45, 2.75) is 51.9 Å². The van der Waals surface area contributed by atoms with Gasteiger partial charge in [0.2, 0.25) is 5.16 Å². The lowest BCUT2D eigenvalue weighted by molar-refractivity contribution is -0.149. The summed E-state index contributed by atoms with van der Waals surface area (Å²) in [7, 11) is -1.98. The Bertz CT molecular complexity index is 1460. The number of carbonyl (C=O) groups is 2. The van der Waals surface area contributed by atoms with Gasteiger partial charge in [-0.1, -0.05) is 51.1 Å². The molecular weight excluding hydrogens is 498 g/mol. The summed E-state index contributed by atoms with van der Waals surface area (Å²) in [5, 5.41) is -0.300. The van der Waals surface area contributed by atoms with Crippen LogP contribution in [-0.4, -0.2) is 65.7 Å². The summed E-state index contributed by atoms with van der Waals surface area (Å²) in [4.78, 5) is 49.5. The van der Waals surface area contributed by atoms with Crippen molar-refractivity contribution in [2.75, 3.05) is 25.1 Å². The van der Waals surface area contributed by atoms with Gasteiger partial charge in [0.25, 0.3) is 0 Å². The van der Waals surface area contributed by atoms with Gasteiger partial charge in [-0.25, -0.2) is 32.9 Å². The third-order valence-corrected chi connectivity index (χ3v) is 7.57. The highest BCUT2D eigenvalue weighted by Gasteiger charge is 2.35. The fourth-order valence-corrected chi connectivity index (χ4v) is 5.38. The van der Waals surface area contributed by atoms with E-state index in [1.165, 1.54) is 11.6 Å². The molecule has 0 saturated heterocycles. The first-order valence-corrected chi connectivity index (χ1v) is 13.7. The van der Waals surface area contributed by atoms with E-state index < -0.39 is 33.5 Å². The van der Waals surface area contributed by atoms with Crippen LogP contribution >= 0.6 is 0 Å². The van der Waals surface area contributed by atoms with Gasteiger partial charge >= 0.3 is 17.7 Å². The van der Waals surface area contributed by atoms with Crippen LogP contribution in [0.15, 0.2) is 40.3 Å². The highest BCUT2D eigenvalue weighted by molar-refractivity contribution is 7.92. The molecule has 3 N–H and O–H groups in total. The number of rotatable bonds is 9. The zero-order valence-electron chi connectivity index (χ0n) is 21.6. The zero-order chi connectivity index (χ0) is 27.5. The number of amides is 1. The molecule has 0 aliphatic carbocycles. The van der Waals surface area contributed by atoms with Crippen LogP contribution in [0.4, 0.5) is 10.6 Å². The van der Waals surface area contributed by atoms with E-state index in [-0.39, 0.29) is 47.0 Å². The first-order chi connectivity index (χ1) is 17.4. The van der Waals surface area contributed by atoms with Crippen molar-refractivity contribution in [3.05, 3.63) is 46.4 Å². The van der Waals surface area contributed by atoms with Gasteiger partial charge in [0.1, 0.15) is 21.3 Å². The average molecular weight is 532 g/mol. The van der Waals surface area contributed by atoms with E-state index in [0.29, 0.717) is 6.42 Å². The number of benzene rings is 1. The molecule has 2 aromatic heterocycles. The van der Waals surface area contributed by atoms with Gasteiger partial charge in [-0.2, -0.15) is 4.98 Å². The second-order valence-corrected chi connectivity index (χ2v) is 11.1. The minimum atomic E-state index is -3.38. The summed E-state index contributed by atoms with van der Waals surface area (Å²) >= 11 is 0. The second-order valence-electron chi connectivity index (χ2n) is 8.97. The van der Waals surface area contributed by atoms with Crippen molar-refractivity contribution < 1.29 is 18.5 Å². The summed E-state index contributed by atoms with van der Waals surface area (Å²) in [5.41, 5.74) is 6.09. The van der Waals surface area contributed by atoms with Gasteiger partial charge < -0.3 is 15.4 Å². The second kappa shape index (κ2) is 11.1. The summed E-state index contributed by atoms with van der Waals surface area (Å²) in [5.74, 6) is -1.17. The number of nitrogens with zero attached hydrogens (tertiary/aromatic N) is 5. The monoisotopic (exact) mass is 531 g/mol. The number of anilines is 1. The van der Waals surface area contributed by atoms with Crippen molar-refractivity contribution in [3.8, 4) is 0 Å². The first-order valence-electron chi connectivity index (χ1n) is 12.0. The summed E-state index contributed by atoms with van der Waals surface area (Å²) in [6.07, 6.45) is 0.454. The lowest BCUT2D eigenvalue weighted by atomic mass is 10.0. The normalized spacial score (nSPS) is 13.9. The van der Waals surface area contributed by atoms with E-state index in [0.717, 1.165) is 15.0 Å². The molecule has 1 amide bonds. The Kier molecular flexibility index (Phi) is 8.36. The fraction of sp³-hybridized carbons (Fsp3) is 0.458. The molecule has 2 atom stereocenters. The van der Waals surface area contributed by atoms with E-state index in [1.807, 2.05) is 6.07 Å². The average Bonchev–Trinajstić information content (AvgIpc) is 3.11. The maximum atomic E-state index is 13.7. The van der Waals surface area contributed by atoms with E-state index in [2.05, 4.69) is 9.97 Å². The molecule has 0 aliphatic heterocycles. The number of hydrogen-bond donors (Lipinski definition) is 2. The molecule has 0 fully saturated rings. The van der Waals surface area contributed by atoms with Gasteiger partial charge in [-0.05, 0) is 24.8 Å². The number of nitrogens with one attached hydrogen (secondary N) is 1. The van der Waals surface area contributed by atoms with Crippen LogP contribution in [0.3, 0.4) is 0 Å². The van der Waals surface area contributed by atoms with Crippen molar-refractivity contribution in [2.24, 2.45) is 5.92 Å². The Balaban J connectivity index is 2.28. The van der Waals surface area contributed by atoms with Gasteiger partial charge in [-0.3, -0.25) is 4.57 Å². The molecule has 3 aromatic rings. The Morgan fingerprint density at radius 1 is 1.19 bits per heavy atom. The number of nitrogens with two attached hydrogens (primary N) is 1. The van der Waals surface area contributed by atoms with Crippen molar-refractivity contribution in [1.82, 2.24) is 24.0 Å². The van der Waals surface area contributed by atoms with Crippen molar-refractivity contribution in [1.29, 1.82) is 4.78 Å². The number of likely N-dealkylation sites (N-methyl/N-ethyl adjacent to an activating group) is 1. The zero-order valence-corrected chi connectivity index (χ0v) is 22.4. The minimum absolute atomic E-state index is 0.0127. The van der Waals surface area contributed by atoms with Crippen LogP contribution in [0.25, 0.3) is 11.2 Å². The largest absolute Gasteiger partial charge is 0.464 e. The lowest BCUT2D eigenvalue weighted by Gasteiger charge is -2.29. The molecule has 1 unspecified atom stereocenters. The highest BCUT2D eigenvalue weighted by atomic mass is 32.2. The number of hydrogen-bond acceptors (Lipinski definition) is 9. The van der Waals surface area contributed by atoms with Crippen LogP contribution in [0.5, 0.6) is 0 Å². The van der Waals surface area contributed by atoms with Crippen LogP contribution in [-0.2, 0) is 25.8 Å². The van der Waals surface area contributed by atoms with Crippen LogP contribution in [0, 0.1) is 10.7 Å². The van der Waals surface area contributed by atoms with Crippen LogP contribution in [0.1, 0.15) is 39.7 Å². The number of carbonyl (C=O) groups excluding carboxylic acids is 2. The van der Waals surface area contributed by atoms with Gasteiger partial charge in [-0.15, -0.1) is 0 Å². The SMILES string of the molecule is CCCS(=N)(=O)c1nc(N)c2c(n1)n(Cc1ccccc1)c(=O)n2C(=O)N(C)[C@H](C(=O)OCC)C(C)C. The first kappa shape index (κ1) is 27.8. The molecule has 0 aliphatic rings. The molecule has 0 bridgehead atoms. The summed E-state index contributed by atoms with van der Waals surface area (Å²) < 4.78 is 28.4. The molecule has 0 radical (unpaired) electrons. The predicted octanol–water partition coefficient (Wildman–Crippen LogP) is 2.53. The molecule has 12 nitrogen and oxygen atoms in total. The summed E-state index contributed by atoms with van der Waals surface area (Å²) in [6.45, 7) is 7.13. The molecule has 200 valence electrons. The van der Waals surface area contributed by atoms with Crippen LogP contribution in [0.2, 0.25) is 0 Å². The number of esters is 1. The number of ether oxygens (including phenoxy) is 1. The number of fused-ring (bicyclic) bond motifs is 1. The van der Waals surface area contributed by atoms with Gasteiger partial charge in [0.05, 0.1) is 13.2 Å². The predicted molar refractivity (Wildman–Crippen MR) is 140 cm³/mol. The van der Waals surface area contributed by atoms with E-state index in [9.17, 15) is 18.6 Å². The standard InChI is InChI=1S/C24H33N7O5S/c1-6-13-37(26,35)22-27-19(25)18-20(28-22)30(14-16-11-9-8-10-12-16)24(34)31(18)23(33)29(5)17(15(3)4)21(32)36-7-2/h8-12,15,17,26H,6-7,13-14H2,1-5H3,(H2,25,27,28)/t17-,37?/m0/s1. The number of imidazole rings is 1. The Hall–Kier alpha value is -3.74. The molecule has 37 heavy (non-hydrogen) atoms. The van der Waals surface area contributed by atoms with Crippen molar-refractivity contribution >= 4 is 38.7 Å². The van der Waals surface area contributed by atoms with Crippen LogP contribution < -0.4 is 11.4 Å². The summed E-state index contributed by atoms with van der Waals surface area (Å²) in [6, 6.07) is 7.25. The highest BCUT2D eigenvalue weighted by Crippen LogP contribution is 2.23. The maximum Gasteiger partial charge on any atom is 0.339 e. The Labute approximate surface area is 215 Å². The third-order valence-electron chi connectivity index (χ3n) is 5.81. The minimum Gasteiger partial charge on any atom is -0.464 e. The van der Waals surface area contributed by atoms with E-state index >= 15 is 0 Å². The topological polar surface area (TPSA) is 166 Å². The maximum absolute atomic E-state index is 13.7. The van der Waals surface area contributed by atoms with Gasteiger partial charge in [0, 0.05) is 12.8 Å². The lowest BCUT2D eigenvalue weighted by Crippen LogP contribution is -2.50. The molecule has 2 heterocycles. The number of nitrogen functional groups attached to an aromatic ring is 1. The smallest absolute Gasteiger partial charge is 0.339 e. The Morgan fingerprint density at radius 2 is 1.84 bits per heavy atom. The quantitative estimate of drug-likeness (QED) is 0.314. The molecule has 0 spiro atoms. The molecule has 1 aromatic carbocycles. The van der Waals surface area contributed by atoms with Gasteiger partial charge in [0.15, 0.2) is 11.5 Å². The Morgan fingerprint density at radius 3 is 2.41 bits per heavy atom. The third kappa shape index (κ3) is 5.50. The van der Waals surface area contributed by atoms with E-state index in [4.69, 9.17) is 15.3 Å². The molecule has 13 heteroatoms.